The van der Waals surface area contributed by atoms with E-state index in [-0.39, 0.29) is 12.5 Å². The molecular weight excluding hydrogens is 232 g/mol. The largest absolute Gasteiger partial charge is 0.480 e. The predicted molar refractivity (Wildman–Crippen MR) is 70.1 cm³/mol. The highest BCUT2D eigenvalue weighted by atomic mass is 16.4. The van der Waals surface area contributed by atoms with Crippen molar-refractivity contribution in [1.82, 2.24) is 10.6 Å². The van der Waals surface area contributed by atoms with E-state index in [0.717, 1.165) is 12.8 Å². The van der Waals surface area contributed by atoms with Crippen molar-refractivity contribution in [2.45, 2.75) is 52.1 Å². The van der Waals surface area contributed by atoms with Crippen molar-refractivity contribution in [3.8, 4) is 12.3 Å². The smallest absolute Gasteiger partial charge is 0.327 e. The Morgan fingerprint density at radius 2 is 1.83 bits per heavy atom. The van der Waals surface area contributed by atoms with Crippen LogP contribution < -0.4 is 10.6 Å². The molecule has 0 aliphatic rings. The molecule has 0 saturated heterocycles. The number of carboxylic acid groups (broad SMARTS) is 1. The van der Waals surface area contributed by atoms with Gasteiger partial charge in [-0.15, -0.1) is 12.3 Å². The molecule has 0 radical (unpaired) electrons. The molecule has 0 aromatic heterocycles. The summed E-state index contributed by atoms with van der Waals surface area (Å²) in [6.07, 6.45) is 6.95. The van der Waals surface area contributed by atoms with Crippen LogP contribution in [0.25, 0.3) is 0 Å². The number of carbonyl (C=O) groups excluding carboxylic acids is 1. The zero-order valence-corrected chi connectivity index (χ0v) is 11.2. The Labute approximate surface area is 108 Å². The lowest BCUT2D eigenvalue weighted by Gasteiger charge is -2.23. The molecule has 0 aromatic rings. The number of amides is 2. The molecule has 2 atom stereocenters. The van der Waals surface area contributed by atoms with Crippen LogP contribution >= 0.6 is 0 Å². The van der Waals surface area contributed by atoms with Crippen molar-refractivity contribution < 1.29 is 14.7 Å². The van der Waals surface area contributed by atoms with Gasteiger partial charge < -0.3 is 15.7 Å². The molecule has 2 unspecified atom stereocenters. The van der Waals surface area contributed by atoms with Crippen molar-refractivity contribution in [3.05, 3.63) is 0 Å². The van der Waals surface area contributed by atoms with Crippen LogP contribution in [0.4, 0.5) is 4.79 Å². The fourth-order valence-corrected chi connectivity index (χ4v) is 1.84. The zero-order chi connectivity index (χ0) is 14.1. The lowest BCUT2D eigenvalue weighted by molar-refractivity contribution is -0.139. The Hall–Kier alpha value is -1.70. The van der Waals surface area contributed by atoms with E-state index in [1.807, 2.05) is 6.92 Å². The van der Waals surface area contributed by atoms with E-state index >= 15 is 0 Å². The zero-order valence-electron chi connectivity index (χ0n) is 11.2. The number of carbonyl (C=O) groups is 2. The van der Waals surface area contributed by atoms with Crippen LogP contribution in [0.3, 0.4) is 0 Å². The average Bonchev–Trinajstić information content (AvgIpc) is 2.29. The van der Waals surface area contributed by atoms with E-state index in [4.69, 9.17) is 11.5 Å². The third kappa shape index (κ3) is 5.58. The van der Waals surface area contributed by atoms with Gasteiger partial charge in [0, 0.05) is 12.5 Å². The predicted octanol–water partition coefficient (Wildman–Crippen LogP) is 1.59. The second kappa shape index (κ2) is 8.40. The summed E-state index contributed by atoms with van der Waals surface area (Å²) < 4.78 is 0. The lowest BCUT2D eigenvalue weighted by Crippen LogP contribution is -2.49. The van der Waals surface area contributed by atoms with Crippen LogP contribution in [0.15, 0.2) is 0 Å². The van der Waals surface area contributed by atoms with Gasteiger partial charge >= 0.3 is 12.0 Å². The number of carboxylic acids is 1. The second-order valence-corrected chi connectivity index (χ2v) is 4.28. The fourth-order valence-electron chi connectivity index (χ4n) is 1.84. The summed E-state index contributed by atoms with van der Waals surface area (Å²) in [5.74, 6) is 1.48. The van der Waals surface area contributed by atoms with E-state index in [1.165, 1.54) is 0 Å². The maximum Gasteiger partial charge on any atom is 0.327 e. The molecule has 0 rings (SSSR count). The molecular formula is C13H22N2O3. The standard InChI is InChI=1S/C13H22N2O3/c1-5-8-11(12(16)17)15-13(18)14-9(4)10(6-2)7-3/h1,9-11H,6-8H2,2-4H3,(H,16,17)(H2,14,15,18). The van der Waals surface area contributed by atoms with Gasteiger partial charge in [0.1, 0.15) is 6.04 Å². The maximum atomic E-state index is 11.6. The van der Waals surface area contributed by atoms with E-state index in [1.54, 1.807) is 0 Å². The molecule has 0 bridgehead atoms. The van der Waals surface area contributed by atoms with Gasteiger partial charge in [-0.25, -0.2) is 9.59 Å². The first-order valence-electron chi connectivity index (χ1n) is 6.19. The Bertz CT molecular complexity index is 319. The van der Waals surface area contributed by atoms with Crippen molar-refractivity contribution in [2.75, 3.05) is 0 Å². The molecule has 0 saturated carbocycles. The molecule has 5 nitrogen and oxygen atoms in total. The molecule has 0 spiro atoms. The summed E-state index contributed by atoms with van der Waals surface area (Å²) >= 11 is 0. The SMILES string of the molecule is C#CCC(NC(=O)NC(C)C(CC)CC)C(=O)O. The Kier molecular flexibility index (Phi) is 7.61. The third-order valence-corrected chi connectivity index (χ3v) is 3.04. The van der Waals surface area contributed by atoms with E-state index < -0.39 is 18.0 Å². The number of terminal acetylenes is 1. The van der Waals surface area contributed by atoms with Gasteiger partial charge in [-0.2, -0.15) is 0 Å². The minimum Gasteiger partial charge on any atom is -0.480 e. The van der Waals surface area contributed by atoms with Gasteiger partial charge in [-0.1, -0.05) is 26.7 Å². The average molecular weight is 254 g/mol. The van der Waals surface area contributed by atoms with Gasteiger partial charge in [0.25, 0.3) is 0 Å². The topological polar surface area (TPSA) is 78.4 Å². The van der Waals surface area contributed by atoms with Crippen LogP contribution in [0.5, 0.6) is 0 Å². The molecule has 3 N–H and O–H groups in total. The number of hydrogen-bond donors (Lipinski definition) is 3. The van der Waals surface area contributed by atoms with Crippen LogP contribution in [0.2, 0.25) is 0 Å². The van der Waals surface area contributed by atoms with Gasteiger partial charge in [0.2, 0.25) is 0 Å². The summed E-state index contributed by atoms with van der Waals surface area (Å²) in [6, 6.07) is -1.53. The van der Waals surface area contributed by atoms with Gasteiger partial charge in [-0.3, -0.25) is 0 Å². The van der Waals surface area contributed by atoms with Crippen molar-refractivity contribution >= 4 is 12.0 Å². The highest BCUT2D eigenvalue weighted by molar-refractivity contribution is 5.82. The van der Waals surface area contributed by atoms with Gasteiger partial charge in [0.05, 0.1) is 0 Å². The number of rotatable bonds is 7. The summed E-state index contributed by atoms with van der Waals surface area (Å²) in [5, 5.41) is 14.0. The van der Waals surface area contributed by atoms with Crippen molar-refractivity contribution in [2.24, 2.45) is 5.92 Å². The van der Waals surface area contributed by atoms with Gasteiger partial charge in [-0.05, 0) is 12.8 Å². The molecule has 0 aromatic carbocycles. The first kappa shape index (κ1) is 16.3. The second-order valence-electron chi connectivity index (χ2n) is 4.28. The quantitative estimate of drug-likeness (QED) is 0.604. The van der Waals surface area contributed by atoms with Crippen LogP contribution in [0, 0.1) is 18.3 Å². The highest BCUT2D eigenvalue weighted by Gasteiger charge is 2.21. The van der Waals surface area contributed by atoms with E-state index in [0.29, 0.717) is 5.92 Å². The first-order chi connectivity index (χ1) is 8.46. The molecule has 102 valence electrons. The maximum absolute atomic E-state index is 11.6. The van der Waals surface area contributed by atoms with Crippen LogP contribution in [-0.2, 0) is 4.79 Å². The molecule has 5 heteroatoms. The third-order valence-electron chi connectivity index (χ3n) is 3.04. The Morgan fingerprint density at radius 3 is 2.22 bits per heavy atom. The Balaban J connectivity index is 4.32. The van der Waals surface area contributed by atoms with E-state index in [2.05, 4.69) is 30.4 Å². The number of urea groups is 1. The monoisotopic (exact) mass is 254 g/mol. The minimum absolute atomic E-state index is 0.000260. The minimum atomic E-state index is -1.13. The molecule has 0 heterocycles. The van der Waals surface area contributed by atoms with Gasteiger partial charge in [0.15, 0.2) is 0 Å². The summed E-state index contributed by atoms with van der Waals surface area (Å²) in [4.78, 5) is 22.4. The molecule has 0 aliphatic carbocycles. The Morgan fingerprint density at radius 1 is 1.28 bits per heavy atom. The normalized spacial score (nSPS) is 13.5. The van der Waals surface area contributed by atoms with Crippen LogP contribution in [0.1, 0.15) is 40.0 Å². The number of hydrogen-bond acceptors (Lipinski definition) is 2. The molecule has 18 heavy (non-hydrogen) atoms. The first-order valence-corrected chi connectivity index (χ1v) is 6.19. The van der Waals surface area contributed by atoms with E-state index in [9.17, 15) is 9.59 Å². The molecule has 0 fully saturated rings. The lowest BCUT2D eigenvalue weighted by atomic mass is 9.96. The summed E-state index contributed by atoms with van der Waals surface area (Å²) in [5.41, 5.74) is 0. The van der Waals surface area contributed by atoms with Crippen LogP contribution in [-0.4, -0.2) is 29.2 Å². The molecule has 0 aliphatic heterocycles. The van der Waals surface area contributed by atoms with Crippen molar-refractivity contribution in [1.29, 1.82) is 0 Å². The fraction of sp³-hybridized carbons (Fsp3) is 0.692. The highest BCUT2D eigenvalue weighted by Crippen LogP contribution is 2.12. The number of nitrogens with one attached hydrogen (secondary N) is 2. The summed E-state index contributed by atoms with van der Waals surface area (Å²) in [6.45, 7) is 6.03. The molecule has 2 amide bonds. The van der Waals surface area contributed by atoms with Crippen molar-refractivity contribution in [3.63, 3.8) is 0 Å². The summed E-state index contributed by atoms with van der Waals surface area (Å²) in [7, 11) is 0. The number of aliphatic carboxylic acids is 1.